The van der Waals surface area contributed by atoms with Crippen molar-refractivity contribution in [3.63, 3.8) is 0 Å². The number of rotatable bonds is 7. The zero-order valence-electron chi connectivity index (χ0n) is 12.7. The van der Waals surface area contributed by atoms with Gasteiger partial charge in [-0.15, -0.1) is 0 Å². The van der Waals surface area contributed by atoms with E-state index in [0.717, 1.165) is 0 Å². The van der Waals surface area contributed by atoms with Crippen LogP contribution in [0, 0.1) is 0 Å². The van der Waals surface area contributed by atoms with Gasteiger partial charge in [-0.1, -0.05) is 0 Å². The fraction of sp³-hybridized carbons (Fsp3) is 0.333. The van der Waals surface area contributed by atoms with Gasteiger partial charge in [0.05, 0.1) is 25.6 Å². The minimum Gasteiger partial charge on any atom is -0.494 e. The SMILES string of the molecule is COc1cc(NC(=O)CC(C)=O)ccc1NC(=O)CC(C)=O. The van der Waals surface area contributed by atoms with Gasteiger partial charge in [-0.25, -0.2) is 0 Å². The van der Waals surface area contributed by atoms with Crippen LogP contribution in [-0.2, 0) is 19.2 Å². The van der Waals surface area contributed by atoms with Crippen LogP contribution >= 0.6 is 0 Å². The molecule has 0 fully saturated rings. The van der Waals surface area contributed by atoms with Gasteiger partial charge in [0.25, 0.3) is 0 Å². The van der Waals surface area contributed by atoms with Gasteiger partial charge in [-0.2, -0.15) is 0 Å². The predicted octanol–water partition coefficient (Wildman–Crippen LogP) is 1.53. The van der Waals surface area contributed by atoms with Crippen LogP contribution in [-0.4, -0.2) is 30.5 Å². The van der Waals surface area contributed by atoms with E-state index in [1.165, 1.54) is 27.0 Å². The number of ketones is 2. The van der Waals surface area contributed by atoms with E-state index in [1.807, 2.05) is 0 Å². The summed E-state index contributed by atoms with van der Waals surface area (Å²) in [6, 6.07) is 4.62. The van der Waals surface area contributed by atoms with E-state index in [1.54, 1.807) is 12.1 Å². The summed E-state index contributed by atoms with van der Waals surface area (Å²) in [5.74, 6) is -1.03. The molecule has 0 bridgehead atoms. The standard InChI is InChI=1S/C15H18N2O5/c1-9(18)6-14(20)16-11-4-5-12(13(8-11)22-3)17-15(21)7-10(2)19/h4-5,8H,6-7H2,1-3H3,(H,16,20)(H,17,21). The second-order valence-electron chi connectivity index (χ2n) is 4.77. The molecule has 1 aromatic carbocycles. The first-order valence-electron chi connectivity index (χ1n) is 6.58. The number of benzene rings is 1. The van der Waals surface area contributed by atoms with E-state index < -0.39 is 11.8 Å². The number of carbonyl (C=O) groups is 4. The van der Waals surface area contributed by atoms with Crippen LogP contribution in [0.25, 0.3) is 0 Å². The van der Waals surface area contributed by atoms with E-state index in [0.29, 0.717) is 17.1 Å². The lowest BCUT2D eigenvalue weighted by Crippen LogP contribution is -2.16. The Morgan fingerprint density at radius 2 is 1.50 bits per heavy atom. The molecule has 0 atom stereocenters. The molecule has 22 heavy (non-hydrogen) atoms. The number of nitrogens with one attached hydrogen (secondary N) is 2. The van der Waals surface area contributed by atoms with Gasteiger partial charge >= 0.3 is 0 Å². The molecule has 0 heterocycles. The fourth-order valence-electron chi connectivity index (χ4n) is 1.72. The first kappa shape index (κ1) is 17.4. The smallest absolute Gasteiger partial charge is 0.231 e. The van der Waals surface area contributed by atoms with E-state index in [9.17, 15) is 19.2 Å². The van der Waals surface area contributed by atoms with E-state index in [-0.39, 0.29) is 24.4 Å². The van der Waals surface area contributed by atoms with Crippen LogP contribution in [0.3, 0.4) is 0 Å². The number of ether oxygens (including phenoxy) is 1. The van der Waals surface area contributed by atoms with Gasteiger partial charge in [-0.05, 0) is 26.0 Å². The van der Waals surface area contributed by atoms with Crippen molar-refractivity contribution < 1.29 is 23.9 Å². The zero-order valence-corrected chi connectivity index (χ0v) is 12.7. The highest BCUT2D eigenvalue weighted by Crippen LogP contribution is 2.28. The molecule has 0 radical (unpaired) electrons. The monoisotopic (exact) mass is 306 g/mol. The first-order valence-corrected chi connectivity index (χ1v) is 6.58. The van der Waals surface area contributed by atoms with Crippen molar-refractivity contribution in [2.45, 2.75) is 26.7 Å². The number of hydrogen-bond acceptors (Lipinski definition) is 5. The minimum atomic E-state index is -0.445. The third kappa shape index (κ3) is 5.74. The summed E-state index contributed by atoms with van der Waals surface area (Å²) >= 11 is 0. The molecular formula is C15H18N2O5. The van der Waals surface area contributed by atoms with Gasteiger partial charge in [0, 0.05) is 11.8 Å². The molecule has 0 aliphatic heterocycles. The number of anilines is 2. The van der Waals surface area contributed by atoms with Crippen molar-refractivity contribution in [3.8, 4) is 5.75 Å². The molecule has 0 aliphatic rings. The van der Waals surface area contributed by atoms with Gasteiger partial charge in [0.2, 0.25) is 11.8 Å². The lowest BCUT2D eigenvalue weighted by atomic mass is 10.2. The molecule has 0 saturated heterocycles. The Bertz CT molecular complexity index is 610. The Morgan fingerprint density at radius 3 is 2.00 bits per heavy atom. The number of amides is 2. The Hall–Kier alpha value is -2.70. The fourth-order valence-corrected chi connectivity index (χ4v) is 1.72. The second kappa shape index (κ2) is 7.92. The van der Waals surface area contributed by atoms with Crippen LogP contribution in [0.2, 0.25) is 0 Å². The van der Waals surface area contributed by atoms with Crippen LogP contribution in [0.4, 0.5) is 11.4 Å². The van der Waals surface area contributed by atoms with Gasteiger partial charge in [0.15, 0.2) is 0 Å². The van der Waals surface area contributed by atoms with Gasteiger partial charge in [0.1, 0.15) is 17.3 Å². The first-order chi connectivity index (χ1) is 10.3. The molecule has 7 heteroatoms. The molecule has 0 saturated carbocycles. The molecular weight excluding hydrogens is 288 g/mol. The highest BCUT2D eigenvalue weighted by Gasteiger charge is 2.12. The second-order valence-corrected chi connectivity index (χ2v) is 4.77. The summed E-state index contributed by atoms with van der Waals surface area (Å²) in [6.07, 6.45) is -0.431. The summed E-state index contributed by atoms with van der Waals surface area (Å²) in [5, 5.41) is 5.11. The Labute approximate surface area is 128 Å². The molecule has 0 aromatic heterocycles. The average molecular weight is 306 g/mol. The molecule has 0 spiro atoms. The lowest BCUT2D eigenvalue weighted by Gasteiger charge is -2.12. The Balaban J connectivity index is 2.82. The van der Waals surface area contributed by atoms with Crippen LogP contribution < -0.4 is 15.4 Å². The van der Waals surface area contributed by atoms with Crippen molar-refractivity contribution in [1.29, 1.82) is 0 Å². The third-order valence-electron chi connectivity index (χ3n) is 2.58. The number of Topliss-reactive ketones (excluding diaryl/α,β-unsaturated/α-hetero) is 2. The van der Waals surface area contributed by atoms with Crippen LogP contribution in [0.1, 0.15) is 26.7 Å². The van der Waals surface area contributed by atoms with Crippen molar-refractivity contribution >= 4 is 34.8 Å². The maximum atomic E-state index is 11.6. The number of hydrogen-bond donors (Lipinski definition) is 2. The van der Waals surface area contributed by atoms with Crippen molar-refractivity contribution in [3.05, 3.63) is 18.2 Å². The van der Waals surface area contributed by atoms with Gasteiger partial charge in [-0.3, -0.25) is 19.2 Å². The van der Waals surface area contributed by atoms with Crippen LogP contribution in [0.5, 0.6) is 5.75 Å². The zero-order chi connectivity index (χ0) is 16.7. The average Bonchev–Trinajstić information content (AvgIpc) is 2.38. The molecule has 1 aromatic rings. The molecule has 2 amide bonds. The quantitative estimate of drug-likeness (QED) is 0.744. The minimum absolute atomic E-state index is 0.209. The molecule has 7 nitrogen and oxygen atoms in total. The normalized spacial score (nSPS) is 9.77. The summed E-state index contributed by atoms with van der Waals surface area (Å²) in [7, 11) is 1.41. The number of methoxy groups -OCH3 is 1. The highest BCUT2D eigenvalue weighted by atomic mass is 16.5. The predicted molar refractivity (Wildman–Crippen MR) is 80.8 cm³/mol. The van der Waals surface area contributed by atoms with E-state index in [4.69, 9.17) is 4.74 Å². The maximum Gasteiger partial charge on any atom is 0.231 e. The molecule has 1 rings (SSSR count). The largest absolute Gasteiger partial charge is 0.494 e. The van der Waals surface area contributed by atoms with E-state index >= 15 is 0 Å². The summed E-state index contributed by atoms with van der Waals surface area (Å²) in [4.78, 5) is 44.9. The number of carbonyl (C=O) groups excluding carboxylic acids is 4. The summed E-state index contributed by atoms with van der Waals surface area (Å²) < 4.78 is 5.14. The van der Waals surface area contributed by atoms with Crippen molar-refractivity contribution in [2.24, 2.45) is 0 Å². The Morgan fingerprint density at radius 1 is 0.955 bits per heavy atom. The molecule has 0 unspecified atom stereocenters. The molecule has 0 aliphatic carbocycles. The Kier molecular flexibility index (Phi) is 6.25. The topological polar surface area (TPSA) is 102 Å². The third-order valence-corrected chi connectivity index (χ3v) is 2.58. The summed E-state index contributed by atoms with van der Waals surface area (Å²) in [6.45, 7) is 2.65. The van der Waals surface area contributed by atoms with Gasteiger partial charge < -0.3 is 15.4 Å². The molecule has 118 valence electrons. The van der Waals surface area contributed by atoms with E-state index in [2.05, 4.69) is 10.6 Å². The van der Waals surface area contributed by atoms with Crippen molar-refractivity contribution in [1.82, 2.24) is 0 Å². The maximum absolute atomic E-state index is 11.6. The lowest BCUT2D eigenvalue weighted by molar-refractivity contribution is -0.125. The van der Waals surface area contributed by atoms with Crippen molar-refractivity contribution in [2.75, 3.05) is 17.7 Å². The van der Waals surface area contributed by atoms with Crippen LogP contribution in [0.15, 0.2) is 18.2 Å². The highest BCUT2D eigenvalue weighted by molar-refractivity contribution is 6.05. The molecule has 2 N–H and O–H groups in total. The summed E-state index contributed by atoms with van der Waals surface area (Å²) in [5.41, 5.74) is 0.825.